The van der Waals surface area contributed by atoms with Crippen LogP contribution in [0.5, 0.6) is 0 Å². The molecule has 1 aromatic rings. The van der Waals surface area contributed by atoms with Gasteiger partial charge >= 0.3 is 0 Å². The Labute approximate surface area is 146 Å². The van der Waals surface area contributed by atoms with Crippen LogP contribution in [0.4, 0.5) is 0 Å². The van der Waals surface area contributed by atoms with E-state index < -0.39 is 0 Å². The molecular formula is C20H31N3O. The molecule has 2 N–H and O–H groups in total. The Balaban J connectivity index is 1.64. The topological polar surface area (TPSA) is 49.6 Å². The number of rotatable bonds is 7. The number of benzene rings is 1. The molecule has 24 heavy (non-hydrogen) atoms. The highest BCUT2D eigenvalue weighted by molar-refractivity contribution is 5.82. The fourth-order valence-corrected chi connectivity index (χ4v) is 3.64. The number of carbonyl (C=O) groups excluding carboxylic acids is 1. The summed E-state index contributed by atoms with van der Waals surface area (Å²) < 4.78 is 0. The van der Waals surface area contributed by atoms with Crippen molar-refractivity contribution >= 4 is 5.91 Å². The molecule has 1 aliphatic heterocycles. The van der Waals surface area contributed by atoms with Gasteiger partial charge in [0.1, 0.15) is 0 Å². The van der Waals surface area contributed by atoms with E-state index in [1.807, 2.05) is 13.8 Å². The van der Waals surface area contributed by atoms with Crippen LogP contribution in [0.1, 0.15) is 45.1 Å². The predicted molar refractivity (Wildman–Crippen MR) is 97.4 cm³/mol. The van der Waals surface area contributed by atoms with Gasteiger partial charge in [0.25, 0.3) is 0 Å². The van der Waals surface area contributed by atoms with E-state index in [4.69, 9.17) is 5.73 Å². The molecule has 1 heterocycles. The van der Waals surface area contributed by atoms with Crippen LogP contribution in [-0.2, 0) is 11.3 Å². The van der Waals surface area contributed by atoms with Crippen molar-refractivity contribution in [2.45, 2.75) is 64.2 Å². The normalized spacial score (nSPS) is 22.8. The fourth-order valence-electron chi connectivity index (χ4n) is 3.64. The second-order valence-electron chi connectivity index (χ2n) is 7.74. The lowest BCUT2D eigenvalue weighted by molar-refractivity contribution is -0.135. The van der Waals surface area contributed by atoms with Crippen LogP contribution in [0.15, 0.2) is 30.3 Å². The van der Waals surface area contributed by atoms with Gasteiger partial charge in [-0.2, -0.15) is 0 Å². The summed E-state index contributed by atoms with van der Waals surface area (Å²) in [6, 6.07) is 11.2. The van der Waals surface area contributed by atoms with Crippen molar-refractivity contribution in [3.8, 4) is 0 Å². The molecule has 3 rings (SSSR count). The third-order valence-corrected chi connectivity index (χ3v) is 5.41. The molecule has 2 aliphatic rings. The molecule has 4 nitrogen and oxygen atoms in total. The van der Waals surface area contributed by atoms with Crippen LogP contribution in [0.3, 0.4) is 0 Å². The number of hydrogen-bond acceptors (Lipinski definition) is 3. The minimum atomic E-state index is -0.366. The van der Waals surface area contributed by atoms with Crippen molar-refractivity contribution < 1.29 is 4.79 Å². The Bertz CT molecular complexity index is 541. The number of carbonyl (C=O) groups is 1. The summed E-state index contributed by atoms with van der Waals surface area (Å²) in [5.74, 6) is 0.349. The van der Waals surface area contributed by atoms with Crippen molar-refractivity contribution in [1.82, 2.24) is 9.80 Å². The first-order valence-electron chi connectivity index (χ1n) is 9.40. The van der Waals surface area contributed by atoms with Crippen molar-refractivity contribution in [3.63, 3.8) is 0 Å². The average molecular weight is 329 g/mol. The molecular weight excluding hydrogens is 298 g/mol. The third-order valence-electron chi connectivity index (χ3n) is 5.41. The molecule has 2 fully saturated rings. The standard InChI is InChI=1S/C20H31N3O/c1-15(2)19(21)20(24)23(17-10-11-17)14-18-9-6-12-22(18)13-16-7-4-3-5-8-16/h3-5,7-8,15,17-19H,6,9-14,21H2,1-2H3/t18-,19-/m0/s1. The zero-order chi connectivity index (χ0) is 17.1. The summed E-state index contributed by atoms with van der Waals surface area (Å²) in [4.78, 5) is 17.4. The minimum Gasteiger partial charge on any atom is -0.337 e. The molecule has 4 heteroatoms. The van der Waals surface area contributed by atoms with E-state index in [0.29, 0.717) is 12.1 Å². The molecule has 1 amide bonds. The van der Waals surface area contributed by atoms with Gasteiger partial charge in [-0.15, -0.1) is 0 Å². The van der Waals surface area contributed by atoms with Gasteiger partial charge < -0.3 is 10.6 Å². The lowest BCUT2D eigenvalue weighted by Crippen LogP contribution is -2.51. The van der Waals surface area contributed by atoms with E-state index in [2.05, 4.69) is 40.1 Å². The van der Waals surface area contributed by atoms with Gasteiger partial charge in [0.05, 0.1) is 6.04 Å². The first kappa shape index (κ1) is 17.4. The first-order valence-corrected chi connectivity index (χ1v) is 9.40. The summed E-state index contributed by atoms with van der Waals surface area (Å²) in [7, 11) is 0. The quantitative estimate of drug-likeness (QED) is 0.836. The van der Waals surface area contributed by atoms with E-state index in [-0.39, 0.29) is 17.9 Å². The zero-order valence-electron chi connectivity index (χ0n) is 15.0. The van der Waals surface area contributed by atoms with Crippen LogP contribution in [0, 0.1) is 5.92 Å². The number of nitrogens with zero attached hydrogens (tertiary/aromatic N) is 2. The molecule has 1 saturated carbocycles. The van der Waals surface area contributed by atoms with Crippen LogP contribution in [-0.4, -0.2) is 46.9 Å². The smallest absolute Gasteiger partial charge is 0.240 e. The molecule has 0 bridgehead atoms. The predicted octanol–water partition coefficient (Wildman–Crippen LogP) is 2.63. The van der Waals surface area contributed by atoms with Gasteiger partial charge in [-0.25, -0.2) is 0 Å². The Kier molecular flexibility index (Phi) is 5.57. The fraction of sp³-hybridized carbons (Fsp3) is 0.650. The highest BCUT2D eigenvalue weighted by Gasteiger charge is 2.38. The van der Waals surface area contributed by atoms with Gasteiger partial charge in [0.15, 0.2) is 0 Å². The van der Waals surface area contributed by atoms with Crippen molar-refractivity contribution in [3.05, 3.63) is 35.9 Å². The first-order chi connectivity index (χ1) is 11.6. The molecule has 1 saturated heterocycles. The summed E-state index contributed by atoms with van der Waals surface area (Å²) in [5.41, 5.74) is 7.51. The van der Waals surface area contributed by atoms with Gasteiger partial charge in [-0.05, 0) is 43.7 Å². The number of nitrogens with two attached hydrogens (primary N) is 1. The monoisotopic (exact) mass is 329 g/mol. The number of amides is 1. The average Bonchev–Trinajstić information content (AvgIpc) is 3.33. The highest BCUT2D eigenvalue weighted by Crippen LogP contribution is 2.30. The summed E-state index contributed by atoms with van der Waals surface area (Å²) in [6.45, 7) is 7.02. The van der Waals surface area contributed by atoms with E-state index >= 15 is 0 Å². The number of likely N-dealkylation sites (tertiary alicyclic amines) is 1. The van der Waals surface area contributed by atoms with Gasteiger partial charge in [-0.3, -0.25) is 9.69 Å². The molecule has 1 aromatic carbocycles. The van der Waals surface area contributed by atoms with Crippen LogP contribution < -0.4 is 5.73 Å². The Morgan fingerprint density at radius 2 is 1.96 bits per heavy atom. The molecule has 1 aliphatic carbocycles. The van der Waals surface area contributed by atoms with E-state index in [1.165, 1.54) is 18.4 Å². The Hall–Kier alpha value is -1.39. The van der Waals surface area contributed by atoms with Crippen LogP contribution in [0.25, 0.3) is 0 Å². The largest absolute Gasteiger partial charge is 0.337 e. The molecule has 0 spiro atoms. The molecule has 2 atom stereocenters. The van der Waals surface area contributed by atoms with Crippen molar-refractivity contribution in [2.75, 3.05) is 13.1 Å². The second kappa shape index (κ2) is 7.66. The van der Waals surface area contributed by atoms with E-state index in [0.717, 1.165) is 32.5 Å². The maximum absolute atomic E-state index is 12.8. The lowest BCUT2D eigenvalue weighted by atomic mass is 10.0. The van der Waals surface area contributed by atoms with Crippen LogP contribution >= 0.6 is 0 Å². The Morgan fingerprint density at radius 1 is 1.25 bits per heavy atom. The maximum atomic E-state index is 12.8. The Morgan fingerprint density at radius 3 is 2.58 bits per heavy atom. The zero-order valence-corrected chi connectivity index (χ0v) is 15.0. The van der Waals surface area contributed by atoms with Gasteiger partial charge in [-0.1, -0.05) is 44.2 Å². The van der Waals surface area contributed by atoms with Crippen molar-refractivity contribution in [2.24, 2.45) is 11.7 Å². The van der Waals surface area contributed by atoms with Gasteiger partial charge in [0.2, 0.25) is 5.91 Å². The molecule has 0 unspecified atom stereocenters. The highest BCUT2D eigenvalue weighted by atomic mass is 16.2. The van der Waals surface area contributed by atoms with Crippen LogP contribution in [0.2, 0.25) is 0 Å². The third kappa shape index (κ3) is 4.17. The van der Waals surface area contributed by atoms with E-state index in [1.54, 1.807) is 0 Å². The molecule has 0 radical (unpaired) electrons. The lowest BCUT2D eigenvalue weighted by Gasteiger charge is -2.33. The summed E-state index contributed by atoms with van der Waals surface area (Å²) >= 11 is 0. The summed E-state index contributed by atoms with van der Waals surface area (Å²) in [6.07, 6.45) is 4.69. The molecule has 0 aromatic heterocycles. The van der Waals surface area contributed by atoms with Gasteiger partial charge in [0, 0.05) is 25.2 Å². The summed E-state index contributed by atoms with van der Waals surface area (Å²) in [5, 5.41) is 0. The minimum absolute atomic E-state index is 0.152. The molecule has 132 valence electrons. The van der Waals surface area contributed by atoms with Crippen molar-refractivity contribution in [1.29, 1.82) is 0 Å². The number of hydrogen-bond donors (Lipinski definition) is 1. The maximum Gasteiger partial charge on any atom is 0.240 e. The second-order valence-corrected chi connectivity index (χ2v) is 7.74. The SMILES string of the molecule is CC(C)[C@H](N)C(=O)N(C[C@@H]1CCCN1Cc1ccccc1)C1CC1. The van der Waals surface area contributed by atoms with E-state index in [9.17, 15) is 4.79 Å².